The minimum atomic E-state index is -3.59. The third-order valence-electron chi connectivity index (χ3n) is 6.23. The highest BCUT2D eigenvalue weighted by Gasteiger charge is 2.42. The zero-order valence-corrected chi connectivity index (χ0v) is 17.2. The Morgan fingerprint density at radius 1 is 1.17 bits per heavy atom. The van der Waals surface area contributed by atoms with Gasteiger partial charge in [-0.15, -0.1) is 0 Å². The maximum absolute atomic E-state index is 12.8. The van der Waals surface area contributed by atoms with Gasteiger partial charge in [-0.05, 0) is 74.3 Å². The van der Waals surface area contributed by atoms with Crippen LogP contribution in [0.15, 0.2) is 52.2 Å². The monoisotopic (exact) mass is 417 g/mol. The first-order valence-electron chi connectivity index (χ1n) is 10.1. The average Bonchev–Trinajstić information content (AvgIpc) is 3.44. The van der Waals surface area contributed by atoms with Crippen molar-refractivity contribution in [1.82, 2.24) is 10.0 Å². The quantitative estimate of drug-likeness (QED) is 0.639. The summed E-state index contributed by atoms with van der Waals surface area (Å²) in [6, 6.07) is 7.54. The van der Waals surface area contributed by atoms with E-state index < -0.39 is 10.0 Å². The number of hydrogen-bond acceptors (Lipinski definition) is 4. The SMILES string of the molecule is C[C@@H](NS(=O)(=O)c1ccc(NC(=O)NCc2ccoc2)cc1)[C@@H]1C[C@@H]2CC[C@@H]1C2. The predicted molar refractivity (Wildman–Crippen MR) is 110 cm³/mol. The lowest BCUT2D eigenvalue weighted by Gasteiger charge is -2.28. The second kappa shape index (κ2) is 8.20. The fourth-order valence-corrected chi connectivity index (χ4v) is 6.07. The molecule has 2 bridgehead atoms. The average molecular weight is 418 g/mol. The van der Waals surface area contributed by atoms with Crippen molar-refractivity contribution >= 4 is 21.7 Å². The molecule has 2 aliphatic carbocycles. The van der Waals surface area contributed by atoms with Crippen LogP contribution in [0.3, 0.4) is 0 Å². The van der Waals surface area contributed by atoms with Crippen molar-refractivity contribution in [3.63, 3.8) is 0 Å². The van der Waals surface area contributed by atoms with Gasteiger partial charge in [-0.3, -0.25) is 0 Å². The van der Waals surface area contributed by atoms with E-state index in [2.05, 4.69) is 15.4 Å². The first-order valence-corrected chi connectivity index (χ1v) is 11.6. The number of carbonyl (C=O) groups excluding carboxylic acids is 1. The van der Waals surface area contributed by atoms with Crippen LogP contribution < -0.4 is 15.4 Å². The number of urea groups is 1. The molecule has 2 fully saturated rings. The Hall–Kier alpha value is -2.32. The van der Waals surface area contributed by atoms with Crippen LogP contribution in [0.25, 0.3) is 0 Å². The van der Waals surface area contributed by atoms with Crippen LogP contribution >= 0.6 is 0 Å². The van der Waals surface area contributed by atoms with Crippen LogP contribution in [0.4, 0.5) is 10.5 Å². The second-order valence-electron chi connectivity index (χ2n) is 8.21. The van der Waals surface area contributed by atoms with Gasteiger partial charge in [-0.2, -0.15) is 0 Å². The van der Waals surface area contributed by atoms with Gasteiger partial charge >= 0.3 is 6.03 Å². The lowest BCUT2D eigenvalue weighted by atomic mass is 9.84. The van der Waals surface area contributed by atoms with Gasteiger partial charge in [0.1, 0.15) is 0 Å². The van der Waals surface area contributed by atoms with E-state index in [1.807, 2.05) is 6.92 Å². The summed E-state index contributed by atoms with van der Waals surface area (Å²) in [4.78, 5) is 12.2. The molecule has 0 unspecified atom stereocenters. The second-order valence-corrected chi connectivity index (χ2v) is 9.93. The molecule has 0 spiro atoms. The van der Waals surface area contributed by atoms with E-state index in [4.69, 9.17) is 4.42 Å². The normalized spacial score (nSPS) is 24.4. The topological polar surface area (TPSA) is 100 Å². The molecule has 0 saturated heterocycles. The maximum Gasteiger partial charge on any atom is 0.319 e. The van der Waals surface area contributed by atoms with Crippen molar-refractivity contribution in [1.29, 1.82) is 0 Å². The lowest BCUT2D eigenvalue weighted by Crippen LogP contribution is -2.40. The summed E-state index contributed by atoms with van der Waals surface area (Å²) >= 11 is 0. The van der Waals surface area contributed by atoms with Crippen LogP contribution in [-0.2, 0) is 16.6 Å². The number of carbonyl (C=O) groups is 1. The molecule has 1 aromatic heterocycles. The molecule has 2 aliphatic rings. The molecule has 2 aromatic rings. The molecule has 4 atom stereocenters. The molecule has 4 rings (SSSR count). The van der Waals surface area contributed by atoms with Gasteiger partial charge in [-0.25, -0.2) is 17.9 Å². The molecule has 1 aromatic carbocycles. The van der Waals surface area contributed by atoms with Crippen molar-refractivity contribution in [2.24, 2.45) is 17.8 Å². The van der Waals surface area contributed by atoms with Gasteiger partial charge in [0.25, 0.3) is 0 Å². The Kier molecular flexibility index (Phi) is 5.65. The van der Waals surface area contributed by atoms with Gasteiger partial charge < -0.3 is 15.1 Å². The largest absolute Gasteiger partial charge is 0.472 e. The van der Waals surface area contributed by atoms with E-state index in [9.17, 15) is 13.2 Å². The van der Waals surface area contributed by atoms with Crippen molar-refractivity contribution in [2.75, 3.05) is 5.32 Å². The molecular formula is C21H27N3O4S. The summed E-state index contributed by atoms with van der Waals surface area (Å²) in [5, 5.41) is 5.40. The minimum Gasteiger partial charge on any atom is -0.472 e. The van der Waals surface area contributed by atoms with Gasteiger partial charge in [0.2, 0.25) is 10.0 Å². The molecule has 0 radical (unpaired) electrons. The third-order valence-corrected chi connectivity index (χ3v) is 7.81. The zero-order valence-electron chi connectivity index (χ0n) is 16.4. The standard InChI is InChI=1S/C21H27N3O4S/c1-14(20-11-15-2-3-17(20)10-15)24-29(26,27)19-6-4-18(5-7-19)23-21(25)22-12-16-8-9-28-13-16/h4-9,13-15,17,20,24H,2-3,10-12H2,1H3,(H2,22,23,25)/t14-,15-,17-,20+/m1/s1. The zero-order chi connectivity index (χ0) is 20.4. The summed E-state index contributed by atoms with van der Waals surface area (Å²) < 4.78 is 33.3. The van der Waals surface area contributed by atoms with E-state index in [-0.39, 0.29) is 17.0 Å². The maximum atomic E-state index is 12.8. The molecule has 156 valence electrons. The molecular weight excluding hydrogens is 390 g/mol. The Morgan fingerprint density at radius 3 is 2.59 bits per heavy atom. The van der Waals surface area contributed by atoms with Gasteiger partial charge in [0.05, 0.1) is 17.4 Å². The van der Waals surface area contributed by atoms with Crippen molar-refractivity contribution in [3.05, 3.63) is 48.4 Å². The van der Waals surface area contributed by atoms with Crippen molar-refractivity contribution in [3.8, 4) is 0 Å². The molecule has 1 heterocycles. The Balaban J connectivity index is 1.32. The summed E-state index contributed by atoms with van der Waals surface area (Å²) in [6.45, 7) is 2.32. The molecule has 3 N–H and O–H groups in total. The van der Waals surface area contributed by atoms with Crippen molar-refractivity contribution in [2.45, 2.75) is 50.1 Å². The summed E-state index contributed by atoms with van der Waals surface area (Å²) in [7, 11) is -3.59. The Morgan fingerprint density at radius 2 is 1.97 bits per heavy atom. The molecule has 2 amide bonds. The van der Waals surface area contributed by atoms with Gasteiger partial charge in [0.15, 0.2) is 0 Å². The number of fused-ring (bicyclic) bond motifs is 2. The highest BCUT2D eigenvalue weighted by molar-refractivity contribution is 7.89. The number of nitrogens with one attached hydrogen (secondary N) is 3. The molecule has 0 aliphatic heterocycles. The van der Waals surface area contributed by atoms with E-state index in [0.29, 0.717) is 24.1 Å². The molecule has 2 saturated carbocycles. The number of sulfonamides is 1. The van der Waals surface area contributed by atoms with Crippen LogP contribution in [0.1, 0.15) is 38.2 Å². The molecule has 7 nitrogen and oxygen atoms in total. The number of benzene rings is 1. The first-order chi connectivity index (χ1) is 13.9. The van der Waals surface area contributed by atoms with Gasteiger partial charge in [-0.1, -0.05) is 6.42 Å². The Bertz CT molecular complexity index is 941. The highest BCUT2D eigenvalue weighted by Crippen LogP contribution is 2.49. The predicted octanol–water partition coefficient (Wildman–Crippen LogP) is 3.70. The summed E-state index contributed by atoms with van der Waals surface area (Å²) in [5.74, 6) is 1.87. The minimum absolute atomic E-state index is 0.0678. The van der Waals surface area contributed by atoms with E-state index in [0.717, 1.165) is 17.9 Å². The first kappa shape index (κ1) is 20.0. The third kappa shape index (κ3) is 4.64. The number of furan rings is 1. The summed E-state index contributed by atoms with van der Waals surface area (Å²) in [5.41, 5.74) is 1.38. The highest BCUT2D eigenvalue weighted by atomic mass is 32.2. The number of amides is 2. The number of rotatable bonds is 7. The molecule has 29 heavy (non-hydrogen) atoms. The number of anilines is 1. The summed E-state index contributed by atoms with van der Waals surface area (Å²) in [6.07, 6.45) is 8.00. The fraction of sp³-hybridized carbons (Fsp3) is 0.476. The van der Waals surface area contributed by atoms with E-state index >= 15 is 0 Å². The Labute approximate surface area is 171 Å². The van der Waals surface area contributed by atoms with Crippen molar-refractivity contribution < 1.29 is 17.6 Å². The fourth-order valence-electron chi connectivity index (χ4n) is 4.77. The van der Waals surface area contributed by atoms with Crippen LogP contribution in [-0.4, -0.2) is 20.5 Å². The van der Waals surface area contributed by atoms with E-state index in [1.54, 1.807) is 30.7 Å². The number of hydrogen-bond donors (Lipinski definition) is 3. The smallest absolute Gasteiger partial charge is 0.319 e. The molecule has 8 heteroatoms. The van der Waals surface area contributed by atoms with Gasteiger partial charge in [0, 0.05) is 23.8 Å². The van der Waals surface area contributed by atoms with Crippen LogP contribution in [0.5, 0.6) is 0 Å². The lowest BCUT2D eigenvalue weighted by molar-refractivity contribution is 0.251. The van der Waals surface area contributed by atoms with Crippen LogP contribution in [0.2, 0.25) is 0 Å². The van der Waals surface area contributed by atoms with Crippen LogP contribution in [0, 0.1) is 17.8 Å². The van der Waals surface area contributed by atoms with E-state index in [1.165, 1.54) is 31.4 Å².